The standard InChI is InChI=1S/C21H22ClN3O3/c1-13-6-5-7-18(14(13)2)27-15(3)21(26)25(4)12-19-23-20(24-28-19)16-8-10-17(22)11-9-16/h5-11,15H,12H2,1-4H3/t15-/m1/s1. The molecule has 1 amide bonds. The molecule has 1 atom stereocenters. The van der Waals surface area contributed by atoms with Gasteiger partial charge in [-0.1, -0.05) is 28.9 Å². The lowest BCUT2D eigenvalue weighted by molar-refractivity contribution is -0.137. The predicted molar refractivity (Wildman–Crippen MR) is 107 cm³/mol. The van der Waals surface area contributed by atoms with E-state index in [0.717, 1.165) is 16.7 Å². The highest BCUT2D eigenvalue weighted by Gasteiger charge is 2.22. The number of hydrogen-bond donors (Lipinski definition) is 0. The fraction of sp³-hybridized carbons (Fsp3) is 0.286. The second-order valence-corrected chi connectivity index (χ2v) is 7.11. The third-order valence-corrected chi connectivity index (χ3v) is 4.78. The highest BCUT2D eigenvalue weighted by Crippen LogP contribution is 2.22. The molecule has 0 aliphatic rings. The number of benzene rings is 2. The van der Waals surface area contributed by atoms with E-state index in [-0.39, 0.29) is 12.5 Å². The van der Waals surface area contributed by atoms with E-state index in [9.17, 15) is 4.79 Å². The quantitative estimate of drug-likeness (QED) is 0.613. The van der Waals surface area contributed by atoms with Crippen molar-refractivity contribution in [2.24, 2.45) is 0 Å². The number of nitrogens with zero attached hydrogens (tertiary/aromatic N) is 3. The Balaban J connectivity index is 1.64. The lowest BCUT2D eigenvalue weighted by Gasteiger charge is -2.21. The molecule has 146 valence electrons. The van der Waals surface area contributed by atoms with Crippen LogP contribution in [0.2, 0.25) is 5.02 Å². The molecule has 1 heterocycles. The summed E-state index contributed by atoms with van der Waals surface area (Å²) in [4.78, 5) is 18.5. The molecule has 0 bridgehead atoms. The van der Waals surface area contributed by atoms with Crippen LogP contribution >= 0.6 is 11.6 Å². The van der Waals surface area contributed by atoms with Crippen LogP contribution < -0.4 is 4.74 Å². The van der Waals surface area contributed by atoms with E-state index in [1.54, 1.807) is 26.1 Å². The number of ether oxygens (including phenoxy) is 1. The lowest BCUT2D eigenvalue weighted by atomic mass is 10.1. The van der Waals surface area contributed by atoms with E-state index in [1.165, 1.54) is 4.90 Å². The average Bonchev–Trinajstić information content (AvgIpc) is 3.13. The first kappa shape index (κ1) is 19.9. The van der Waals surface area contributed by atoms with Gasteiger partial charge in [0.1, 0.15) is 5.75 Å². The van der Waals surface area contributed by atoms with Gasteiger partial charge < -0.3 is 14.2 Å². The summed E-state index contributed by atoms with van der Waals surface area (Å²) in [6.45, 7) is 5.91. The van der Waals surface area contributed by atoms with Crippen LogP contribution in [0.5, 0.6) is 5.75 Å². The fourth-order valence-corrected chi connectivity index (χ4v) is 2.85. The molecule has 7 heteroatoms. The van der Waals surface area contributed by atoms with Crippen molar-refractivity contribution in [2.45, 2.75) is 33.4 Å². The Morgan fingerprint density at radius 1 is 1.21 bits per heavy atom. The second kappa shape index (κ2) is 8.44. The van der Waals surface area contributed by atoms with Gasteiger partial charge in [0.15, 0.2) is 6.10 Å². The van der Waals surface area contributed by atoms with E-state index in [1.807, 2.05) is 44.2 Å². The molecule has 3 rings (SSSR count). The van der Waals surface area contributed by atoms with Crippen molar-refractivity contribution in [3.63, 3.8) is 0 Å². The molecule has 0 saturated carbocycles. The Morgan fingerprint density at radius 3 is 2.64 bits per heavy atom. The van der Waals surface area contributed by atoms with Crippen LogP contribution in [0.15, 0.2) is 47.0 Å². The number of carbonyl (C=O) groups is 1. The highest BCUT2D eigenvalue weighted by molar-refractivity contribution is 6.30. The van der Waals surface area contributed by atoms with Crippen molar-refractivity contribution in [2.75, 3.05) is 7.05 Å². The summed E-state index contributed by atoms with van der Waals surface area (Å²) < 4.78 is 11.1. The van der Waals surface area contributed by atoms with Crippen LogP contribution in [-0.4, -0.2) is 34.1 Å². The maximum absolute atomic E-state index is 12.7. The summed E-state index contributed by atoms with van der Waals surface area (Å²) >= 11 is 5.89. The van der Waals surface area contributed by atoms with Crippen molar-refractivity contribution in [1.29, 1.82) is 0 Å². The second-order valence-electron chi connectivity index (χ2n) is 6.67. The first-order valence-corrected chi connectivity index (χ1v) is 9.29. The number of hydrogen-bond acceptors (Lipinski definition) is 5. The number of carbonyl (C=O) groups excluding carboxylic acids is 1. The summed E-state index contributed by atoms with van der Waals surface area (Å²) in [7, 11) is 1.68. The van der Waals surface area contributed by atoms with Gasteiger partial charge in [-0.2, -0.15) is 4.98 Å². The van der Waals surface area contributed by atoms with Crippen LogP contribution in [0.1, 0.15) is 23.9 Å². The van der Waals surface area contributed by atoms with Crippen molar-refractivity contribution < 1.29 is 14.1 Å². The van der Waals surface area contributed by atoms with E-state index in [2.05, 4.69) is 10.1 Å². The minimum atomic E-state index is -0.635. The van der Waals surface area contributed by atoms with Crippen LogP contribution in [0.3, 0.4) is 0 Å². The molecule has 0 radical (unpaired) electrons. The van der Waals surface area contributed by atoms with Crippen LogP contribution in [0.25, 0.3) is 11.4 Å². The van der Waals surface area contributed by atoms with Crippen LogP contribution in [-0.2, 0) is 11.3 Å². The molecule has 0 saturated heterocycles. The first-order chi connectivity index (χ1) is 13.3. The van der Waals surface area contributed by atoms with E-state index in [0.29, 0.717) is 22.5 Å². The van der Waals surface area contributed by atoms with Crippen molar-refractivity contribution in [3.8, 4) is 17.1 Å². The number of aryl methyl sites for hydroxylation is 1. The fourth-order valence-electron chi connectivity index (χ4n) is 2.72. The van der Waals surface area contributed by atoms with Gasteiger partial charge in [-0.3, -0.25) is 4.79 Å². The molecule has 3 aromatic rings. The maximum atomic E-state index is 12.7. The molecular formula is C21H22ClN3O3. The third kappa shape index (κ3) is 4.51. The van der Waals surface area contributed by atoms with Gasteiger partial charge in [0.05, 0.1) is 6.54 Å². The van der Waals surface area contributed by atoms with Crippen molar-refractivity contribution >= 4 is 17.5 Å². The molecular weight excluding hydrogens is 378 g/mol. The first-order valence-electron chi connectivity index (χ1n) is 8.91. The smallest absolute Gasteiger partial charge is 0.263 e. The average molecular weight is 400 g/mol. The minimum Gasteiger partial charge on any atom is -0.481 e. The predicted octanol–water partition coefficient (Wildman–Crippen LogP) is 4.43. The molecule has 1 aromatic heterocycles. The topological polar surface area (TPSA) is 68.5 Å². The highest BCUT2D eigenvalue weighted by atomic mass is 35.5. The van der Waals surface area contributed by atoms with E-state index in [4.69, 9.17) is 20.9 Å². The van der Waals surface area contributed by atoms with Crippen molar-refractivity contribution in [3.05, 3.63) is 64.5 Å². The Bertz CT molecular complexity index is 969. The minimum absolute atomic E-state index is 0.174. The number of aromatic nitrogens is 2. The summed E-state index contributed by atoms with van der Waals surface area (Å²) in [5.74, 6) is 1.33. The molecule has 0 fully saturated rings. The Morgan fingerprint density at radius 2 is 1.93 bits per heavy atom. The van der Waals surface area contributed by atoms with Gasteiger partial charge in [0.2, 0.25) is 11.7 Å². The number of rotatable bonds is 6. The molecule has 0 N–H and O–H groups in total. The van der Waals surface area contributed by atoms with Crippen LogP contribution in [0.4, 0.5) is 0 Å². The zero-order valence-corrected chi connectivity index (χ0v) is 17.0. The van der Waals surface area contributed by atoms with Gasteiger partial charge in [-0.25, -0.2) is 0 Å². The SMILES string of the molecule is Cc1cccc(O[C@H](C)C(=O)N(C)Cc2nc(-c3ccc(Cl)cc3)no2)c1C. The monoisotopic (exact) mass is 399 g/mol. The van der Waals surface area contributed by atoms with Gasteiger partial charge in [0.25, 0.3) is 5.91 Å². The van der Waals surface area contributed by atoms with E-state index < -0.39 is 6.10 Å². The maximum Gasteiger partial charge on any atom is 0.263 e. The third-order valence-electron chi connectivity index (χ3n) is 4.53. The Labute approximate surface area is 169 Å². The summed E-state index contributed by atoms with van der Waals surface area (Å²) in [6.07, 6.45) is -0.635. The molecule has 0 aliphatic carbocycles. The van der Waals surface area contributed by atoms with Gasteiger partial charge >= 0.3 is 0 Å². The number of likely N-dealkylation sites (N-methyl/N-ethyl adjacent to an activating group) is 1. The summed E-state index contributed by atoms with van der Waals surface area (Å²) in [6, 6.07) is 12.9. The molecule has 0 spiro atoms. The van der Waals surface area contributed by atoms with Crippen molar-refractivity contribution in [1.82, 2.24) is 15.0 Å². The molecule has 28 heavy (non-hydrogen) atoms. The molecule has 0 aliphatic heterocycles. The zero-order valence-electron chi connectivity index (χ0n) is 16.3. The zero-order chi connectivity index (χ0) is 20.3. The number of amides is 1. The van der Waals surface area contributed by atoms with Crippen LogP contribution in [0, 0.1) is 13.8 Å². The molecule has 0 unspecified atom stereocenters. The number of halogens is 1. The van der Waals surface area contributed by atoms with E-state index >= 15 is 0 Å². The largest absolute Gasteiger partial charge is 0.481 e. The summed E-state index contributed by atoms with van der Waals surface area (Å²) in [5.41, 5.74) is 2.93. The Hall–Kier alpha value is -2.86. The molecule has 6 nitrogen and oxygen atoms in total. The normalized spacial score (nSPS) is 11.9. The molecule has 2 aromatic carbocycles. The Kier molecular flexibility index (Phi) is 5.99. The lowest BCUT2D eigenvalue weighted by Crippen LogP contribution is -2.37. The summed E-state index contributed by atoms with van der Waals surface area (Å²) in [5, 5.41) is 4.60. The van der Waals surface area contributed by atoms with Gasteiger partial charge in [-0.15, -0.1) is 0 Å². The van der Waals surface area contributed by atoms with Gasteiger partial charge in [0, 0.05) is 17.6 Å². The van der Waals surface area contributed by atoms with Gasteiger partial charge in [-0.05, 0) is 62.2 Å².